The largest absolute Gasteiger partial charge is 0.484 e. The number of rotatable bonds is 7. The van der Waals surface area contributed by atoms with Crippen molar-refractivity contribution in [2.45, 2.75) is 19.5 Å². The van der Waals surface area contributed by atoms with Gasteiger partial charge in [-0.25, -0.2) is 0 Å². The molecule has 0 heterocycles. The van der Waals surface area contributed by atoms with Crippen LogP contribution in [-0.2, 0) is 15.8 Å². The molecule has 10 heteroatoms. The number of benzene rings is 2. The lowest BCUT2D eigenvalue weighted by atomic mass is 10.1. The molecule has 0 atom stereocenters. The van der Waals surface area contributed by atoms with E-state index in [1.807, 2.05) is 13.0 Å². The normalized spacial score (nSPS) is 10.8. The molecular formula is C20H20F3N3O4. The summed E-state index contributed by atoms with van der Waals surface area (Å²) in [7, 11) is 0. The summed E-state index contributed by atoms with van der Waals surface area (Å²) in [6.07, 6.45) is -4.61. The molecule has 7 nitrogen and oxygen atoms in total. The molecule has 0 radical (unpaired) electrons. The smallest absolute Gasteiger partial charge is 0.416 e. The van der Waals surface area contributed by atoms with Crippen molar-refractivity contribution in [3.05, 3.63) is 65.2 Å². The summed E-state index contributed by atoms with van der Waals surface area (Å²) in [5.41, 5.74) is 4.70. The van der Waals surface area contributed by atoms with Crippen LogP contribution in [0.5, 0.6) is 5.75 Å². The van der Waals surface area contributed by atoms with Crippen LogP contribution >= 0.6 is 0 Å². The summed E-state index contributed by atoms with van der Waals surface area (Å²) >= 11 is 0. The van der Waals surface area contributed by atoms with Crippen LogP contribution in [0.4, 0.5) is 13.2 Å². The standard InChI is InChI=1S/C20H20F3N3O4/c1-13-4-2-5-14(10-13)19(29)24-9-8-17(27)25-26-18(28)12-30-16-7-3-6-15(11-16)20(21,22)23/h2-7,10-11H,8-9,12H2,1H3,(H,24,29)(H,25,27)(H,26,28). The van der Waals surface area contributed by atoms with Crippen LogP contribution < -0.4 is 20.9 Å². The van der Waals surface area contributed by atoms with Gasteiger partial charge < -0.3 is 10.1 Å². The van der Waals surface area contributed by atoms with Gasteiger partial charge in [-0.1, -0.05) is 23.8 Å². The minimum atomic E-state index is -4.52. The summed E-state index contributed by atoms with van der Waals surface area (Å²) < 4.78 is 42.9. The fraction of sp³-hybridized carbons (Fsp3) is 0.250. The van der Waals surface area contributed by atoms with E-state index in [0.717, 1.165) is 23.8 Å². The molecule has 0 aliphatic carbocycles. The van der Waals surface area contributed by atoms with Gasteiger partial charge in [-0.15, -0.1) is 0 Å². The highest BCUT2D eigenvalue weighted by atomic mass is 19.4. The minimum Gasteiger partial charge on any atom is -0.484 e. The Bertz CT molecular complexity index is 916. The van der Waals surface area contributed by atoms with Gasteiger partial charge in [0.05, 0.1) is 5.56 Å². The van der Waals surface area contributed by atoms with E-state index in [1.165, 1.54) is 6.07 Å². The molecule has 30 heavy (non-hydrogen) atoms. The number of amides is 3. The van der Waals surface area contributed by atoms with Crippen LogP contribution in [-0.4, -0.2) is 30.9 Å². The third-order valence-corrected chi connectivity index (χ3v) is 3.79. The fourth-order valence-electron chi connectivity index (χ4n) is 2.33. The molecule has 2 aromatic carbocycles. The molecule has 0 unspecified atom stereocenters. The number of hydrazine groups is 1. The van der Waals surface area contributed by atoms with Crippen LogP contribution in [0.15, 0.2) is 48.5 Å². The van der Waals surface area contributed by atoms with Gasteiger partial charge in [0.2, 0.25) is 5.91 Å². The van der Waals surface area contributed by atoms with Crippen molar-refractivity contribution in [3.63, 3.8) is 0 Å². The summed E-state index contributed by atoms with van der Waals surface area (Å²) in [6, 6.07) is 11.0. The third-order valence-electron chi connectivity index (χ3n) is 3.79. The van der Waals surface area contributed by atoms with Crippen LogP contribution in [0.3, 0.4) is 0 Å². The van der Waals surface area contributed by atoms with Crippen molar-refractivity contribution in [1.29, 1.82) is 0 Å². The Hall–Kier alpha value is -3.56. The Morgan fingerprint density at radius 3 is 2.37 bits per heavy atom. The Labute approximate surface area is 170 Å². The second-order valence-corrected chi connectivity index (χ2v) is 6.29. The van der Waals surface area contributed by atoms with E-state index >= 15 is 0 Å². The number of halogens is 3. The molecule has 0 saturated carbocycles. The highest BCUT2D eigenvalue weighted by Crippen LogP contribution is 2.31. The summed E-state index contributed by atoms with van der Waals surface area (Å²) in [4.78, 5) is 35.3. The Morgan fingerprint density at radius 1 is 0.967 bits per heavy atom. The first-order valence-electron chi connectivity index (χ1n) is 8.88. The Balaban J connectivity index is 1.67. The molecule has 0 saturated heterocycles. The second-order valence-electron chi connectivity index (χ2n) is 6.29. The summed E-state index contributed by atoms with van der Waals surface area (Å²) in [5.74, 6) is -1.79. The summed E-state index contributed by atoms with van der Waals surface area (Å²) in [6.45, 7) is 1.31. The highest BCUT2D eigenvalue weighted by molar-refractivity contribution is 5.94. The van der Waals surface area contributed by atoms with Gasteiger partial charge in [-0.05, 0) is 37.3 Å². The zero-order valence-electron chi connectivity index (χ0n) is 16.0. The second kappa shape index (κ2) is 10.3. The first-order chi connectivity index (χ1) is 14.1. The van der Waals surface area contributed by atoms with E-state index in [-0.39, 0.29) is 24.6 Å². The summed E-state index contributed by atoms with van der Waals surface area (Å²) in [5, 5.41) is 2.58. The van der Waals surface area contributed by atoms with Crippen LogP contribution in [0, 0.1) is 6.92 Å². The van der Waals surface area contributed by atoms with Gasteiger partial charge in [0.25, 0.3) is 11.8 Å². The molecule has 3 amide bonds. The minimum absolute atomic E-state index is 0.0508. The van der Waals surface area contributed by atoms with Crippen molar-refractivity contribution in [3.8, 4) is 5.75 Å². The first kappa shape index (κ1) is 22.7. The lowest BCUT2D eigenvalue weighted by molar-refractivity contribution is -0.137. The van der Waals surface area contributed by atoms with Crippen molar-refractivity contribution in [1.82, 2.24) is 16.2 Å². The SMILES string of the molecule is Cc1cccc(C(=O)NCCC(=O)NNC(=O)COc2cccc(C(F)(F)F)c2)c1. The maximum atomic E-state index is 12.6. The van der Waals surface area contributed by atoms with Crippen LogP contribution in [0.1, 0.15) is 27.9 Å². The lowest BCUT2D eigenvalue weighted by Gasteiger charge is -2.11. The van der Waals surface area contributed by atoms with E-state index in [4.69, 9.17) is 4.74 Å². The molecule has 0 aliphatic rings. The molecule has 0 aliphatic heterocycles. The predicted octanol–water partition coefficient (Wildman–Crippen LogP) is 2.36. The van der Waals surface area contributed by atoms with E-state index in [1.54, 1.807) is 18.2 Å². The number of aryl methyl sites for hydroxylation is 1. The van der Waals surface area contributed by atoms with Gasteiger partial charge in [-0.2, -0.15) is 13.2 Å². The van der Waals surface area contributed by atoms with Gasteiger partial charge in [0.1, 0.15) is 5.75 Å². The van der Waals surface area contributed by atoms with Gasteiger partial charge in [0.15, 0.2) is 6.61 Å². The molecule has 0 spiro atoms. The van der Waals surface area contributed by atoms with Crippen molar-refractivity contribution in [2.24, 2.45) is 0 Å². The van der Waals surface area contributed by atoms with E-state index in [0.29, 0.717) is 5.56 Å². The number of alkyl halides is 3. The number of nitrogens with one attached hydrogen (secondary N) is 3. The molecule has 0 aromatic heterocycles. The van der Waals surface area contributed by atoms with Crippen molar-refractivity contribution < 1.29 is 32.3 Å². The maximum Gasteiger partial charge on any atom is 0.416 e. The van der Waals surface area contributed by atoms with Gasteiger partial charge in [0, 0.05) is 18.5 Å². The van der Waals surface area contributed by atoms with Crippen LogP contribution in [0.2, 0.25) is 0 Å². The zero-order chi connectivity index (χ0) is 22.1. The average molecular weight is 423 g/mol. The molecule has 0 bridgehead atoms. The van der Waals surface area contributed by atoms with Crippen LogP contribution in [0.25, 0.3) is 0 Å². The molecule has 3 N–H and O–H groups in total. The average Bonchev–Trinajstić information content (AvgIpc) is 2.70. The quantitative estimate of drug-likeness (QED) is 0.596. The van der Waals surface area contributed by atoms with Gasteiger partial charge >= 0.3 is 6.18 Å². The topological polar surface area (TPSA) is 96.5 Å². The number of ether oxygens (including phenoxy) is 1. The maximum absolute atomic E-state index is 12.6. The highest BCUT2D eigenvalue weighted by Gasteiger charge is 2.30. The molecule has 2 aromatic rings. The van der Waals surface area contributed by atoms with Crippen molar-refractivity contribution in [2.75, 3.05) is 13.2 Å². The lowest BCUT2D eigenvalue weighted by Crippen LogP contribution is -2.44. The number of hydrogen-bond donors (Lipinski definition) is 3. The van der Waals surface area contributed by atoms with E-state index in [2.05, 4.69) is 16.2 Å². The Kier molecular flexibility index (Phi) is 7.79. The number of carbonyl (C=O) groups is 3. The van der Waals surface area contributed by atoms with E-state index < -0.39 is 30.2 Å². The third kappa shape index (κ3) is 7.46. The van der Waals surface area contributed by atoms with Crippen molar-refractivity contribution >= 4 is 17.7 Å². The monoisotopic (exact) mass is 423 g/mol. The number of carbonyl (C=O) groups excluding carboxylic acids is 3. The molecular weight excluding hydrogens is 403 g/mol. The molecule has 0 fully saturated rings. The van der Waals surface area contributed by atoms with Gasteiger partial charge in [-0.3, -0.25) is 25.2 Å². The fourth-order valence-corrected chi connectivity index (χ4v) is 2.33. The molecule has 160 valence electrons. The first-order valence-corrected chi connectivity index (χ1v) is 8.88. The molecule has 2 rings (SSSR count). The predicted molar refractivity (Wildman–Crippen MR) is 101 cm³/mol. The van der Waals surface area contributed by atoms with E-state index in [9.17, 15) is 27.6 Å². The Morgan fingerprint density at radius 2 is 1.67 bits per heavy atom. The zero-order valence-corrected chi connectivity index (χ0v) is 16.0. The number of hydrogen-bond acceptors (Lipinski definition) is 4.